The van der Waals surface area contributed by atoms with Crippen LogP contribution in [-0.2, 0) is 4.79 Å². The van der Waals surface area contributed by atoms with E-state index in [0.29, 0.717) is 6.54 Å². The van der Waals surface area contributed by atoms with Crippen LogP contribution >= 0.6 is 0 Å². The quantitative estimate of drug-likeness (QED) is 0.696. The van der Waals surface area contributed by atoms with E-state index in [4.69, 9.17) is 5.11 Å². The van der Waals surface area contributed by atoms with Crippen molar-refractivity contribution in [2.45, 2.75) is 33.2 Å². The van der Waals surface area contributed by atoms with Crippen LogP contribution < -0.4 is 5.32 Å². The third-order valence-electron chi connectivity index (χ3n) is 2.02. The largest absolute Gasteiger partial charge is 0.480 e. The summed E-state index contributed by atoms with van der Waals surface area (Å²) < 4.78 is 0. The minimum atomic E-state index is -0.989. The van der Waals surface area contributed by atoms with E-state index in [-0.39, 0.29) is 18.6 Å². The lowest BCUT2D eigenvalue weighted by molar-refractivity contribution is -0.138. The monoisotopic (exact) mass is 202 g/mol. The Labute approximate surface area is 84.1 Å². The van der Waals surface area contributed by atoms with Gasteiger partial charge < -0.3 is 15.3 Å². The molecule has 0 aliphatic heterocycles. The van der Waals surface area contributed by atoms with Gasteiger partial charge in [-0.05, 0) is 20.3 Å². The number of carbonyl (C=O) groups is 2. The van der Waals surface area contributed by atoms with Gasteiger partial charge in [-0.1, -0.05) is 6.92 Å². The van der Waals surface area contributed by atoms with Crippen molar-refractivity contribution in [1.29, 1.82) is 0 Å². The molecule has 1 atom stereocenters. The van der Waals surface area contributed by atoms with Gasteiger partial charge >= 0.3 is 12.0 Å². The van der Waals surface area contributed by atoms with Crippen molar-refractivity contribution in [2.24, 2.45) is 0 Å². The van der Waals surface area contributed by atoms with E-state index in [9.17, 15) is 9.59 Å². The number of hydrogen-bond donors (Lipinski definition) is 2. The third kappa shape index (κ3) is 4.11. The van der Waals surface area contributed by atoms with Crippen molar-refractivity contribution >= 4 is 12.0 Å². The molecule has 14 heavy (non-hydrogen) atoms. The van der Waals surface area contributed by atoms with E-state index in [1.807, 2.05) is 13.8 Å². The maximum atomic E-state index is 11.4. The van der Waals surface area contributed by atoms with Gasteiger partial charge in [0.05, 0.1) is 0 Å². The maximum Gasteiger partial charge on any atom is 0.323 e. The molecular weight excluding hydrogens is 184 g/mol. The second-order valence-corrected chi connectivity index (χ2v) is 3.11. The second kappa shape index (κ2) is 6.23. The van der Waals surface area contributed by atoms with Gasteiger partial charge in [-0.15, -0.1) is 0 Å². The van der Waals surface area contributed by atoms with Crippen LogP contribution in [0.3, 0.4) is 0 Å². The van der Waals surface area contributed by atoms with Crippen LogP contribution in [0, 0.1) is 0 Å². The fraction of sp³-hybridized carbons (Fsp3) is 0.778. The molecule has 0 aromatic carbocycles. The number of carboxylic acid groups (broad SMARTS) is 1. The lowest BCUT2D eigenvalue weighted by Crippen LogP contribution is -2.47. The van der Waals surface area contributed by atoms with E-state index < -0.39 is 5.97 Å². The molecule has 0 rings (SSSR count). The van der Waals surface area contributed by atoms with Gasteiger partial charge in [-0.25, -0.2) is 4.79 Å². The smallest absolute Gasteiger partial charge is 0.323 e. The molecule has 0 aromatic rings. The SMILES string of the molecule is CCNC(=O)N(CC(=O)O)C(C)CC. The number of nitrogens with one attached hydrogen (secondary N) is 1. The standard InChI is InChI=1S/C9H18N2O3/c1-4-7(3)11(6-8(12)13)9(14)10-5-2/h7H,4-6H2,1-3H3,(H,10,14)(H,12,13). The highest BCUT2D eigenvalue weighted by Gasteiger charge is 2.20. The van der Waals surface area contributed by atoms with Crippen molar-refractivity contribution in [2.75, 3.05) is 13.1 Å². The number of carbonyl (C=O) groups excluding carboxylic acids is 1. The zero-order valence-corrected chi connectivity index (χ0v) is 8.91. The van der Waals surface area contributed by atoms with Crippen molar-refractivity contribution in [3.05, 3.63) is 0 Å². The van der Waals surface area contributed by atoms with Crippen LogP contribution in [-0.4, -0.2) is 41.1 Å². The number of urea groups is 1. The molecule has 0 aromatic heterocycles. The van der Waals surface area contributed by atoms with Crippen LogP contribution in [0.1, 0.15) is 27.2 Å². The molecule has 2 N–H and O–H groups in total. The molecule has 82 valence electrons. The molecule has 0 bridgehead atoms. The third-order valence-corrected chi connectivity index (χ3v) is 2.02. The Kier molecular flexibility index (Phi) is 5.67. The van der Waals surface area contributed by atoms with Gasteiger partial charge in [0.15, 0.2) is 0 Å². The molecule has 2 amide bonds. The van der Waals surface area contributed by atoms with Gasteiger partial charge in [0, 0.05) is 12.6 Å². The average Bonchev–Trinajstić information content (AvgIpc) is 2.13. The van der Waals surface area contributed by atoms with Crippen LogP contribution in [0.15, 0.2) is 0 Å². The van der Waals surface area contributed by atoms with Gasteiger partial charge in [0.1, 0.15) is 6.54 Å². The molecule has 0 saturated heterocycles. The first-order chi connectivity index (χ1) is 6.52. The number of hydrogen-bond acceptors (Lipinski definition) is 2. The van der Waals surface area contributed by atoms with E-state index in [2.05, 4.69) is 5.32 Å². The molecule has 0 saturated carbocycles. The summed E-state index contributed by atoms with van der Waals surface area (Å²) in [5.41, 5.74) is 0. The van der Waals surface area contributed by atoms with Crippen LogP contribution in [0.2, 0.25) is 0 Å². The number of nitrogens with zero attached hydrogens (tertiary/aromatic N) is 1. The second-order valence-electron chi connectivity index (χ2n) is 3.11. The Morgan fingerprint density at radius 3 is 2.36 bits per heavy atom. The number of rotatable bonds is 5. The summed E-state index contributed by atoms with van der Waals surface area (Å²) in [6, 6.07) is -0.373. The first kappa shape index (κ1) is 12.7. The van der Waals surface area contributed by atoms with Crippen molar-refractivity contribution < 1.29 is 14.7 Å². The zero-order valence-electron chi connectivity index (χ0n) is 8.91. The van der Waals surface area contributed by atoms with Gasteiger partial charge in [-0.3, -0.25) is 4.79 Å². The van der Waals surface area contributed by atoms with Crippen LogP contribution in [0.25, 0.3) is 0 Å². The van der Waals surface area contributed by atoms with Crippen molar-refractivity contribution in [1.82, 2.24) is 10.2 Å². The fourth-order valence-corrected chi connectivity index (χ4v) is 1.05. The summed E-state index contributed by atoms with van der Waals surface area (Å²) in [6.45, 7) is 5.80. The summed E-state index contributed by atoms with van der Waals surface area (Å²) >= 11 is 0. The zero-order chi connectivity index (χ0) is 11.1. The Morgan fingerprint density at radius 2 is 2.00 bits per heavy atom. The molecule has 5 heteroatoms. The Morgan fingerprint density at radius 1 is 1.43 bits per heavy atom. The molecule has 0 spiro atoms. The topological polar surface area (TPSA) is 69.6 Å². The highest BCUT2D eigenvalue weighted by molar-refractivity contribution is 5.80. The minimum absolute atomic E-state index is 0.0577. The van der Waals surface area contributed by atoms with E-state index in [1.54, 1.807) is 6.92 Å². The molecule has 0 aliphatic rings. The lowest BCUT2D eigenvalue weighted by Gasteiger charge is -2.26. The molecule has 5 nitrogen and oxygen atoms in total. The Balaban J connectivity index is 4.37. The normalized spacial score (nSPS) is 11.9. The molecule has 0 aliphatic carbocycles. The summed E-state index contributed by atoms with van der Waals surface area (Å²) in [6.07, 6.45) is 0.740. The summed E-state index contributed by atoms with van der Waals surface area (Å²) in [7, 11) is 0. The molecular formula is C9H18N2O3. The fourth-order valence-electron chi connectivity index (χ4n) is 1.05. The first-order valence-electron chi connectivity index (χ1n) is 4.79. The number of aliphatic carboxylic acids is 1. The van der Waals surface area contributed by atoms with E-state index in [1.165, 1.54) is 4.90 Å². The van der Waals surface area contributed by atoms with E-state index >= 15 is 0 Å². The predicted octanol–water partition coefficient (Wildman–Crippen LogP) is 0.901. The van der Waals surface area contributed by atoms with Crippen molar-refractivity contribution in [3.8, 4) is 0 Å². The first-order valence-corrected chi connectivity index (χ1v) is 4.79. The van der Waals surface area contributed by atoms with Gasteiger partial charge in [0.2, 0.25) is 0 Å². The molecule has 0 fully saturated rings. The Hall–Kier alpha value is -1.26. The summed E-state index contributed by atoms with van der Waals surface area (Å²) in [5, 5.41) is 11.2. The van der Waals surface area contributed by atoms with Gasteiger partial charge in [0.25, 0.3) is 0 Å². The average molecular weight is 202 g/mol. The summed E-state index contributed by atoms with van der Waals surface area (Å²) in [5.74, 6) is -0.989. The molecule has 1 unspecified atom stereocenters. The van der Waals surface area contributed by atoms with Gasteiger partial charge in [-0.2, -0.15) is 0 Å². The molecule has 0 heterocycles. The lowest BCUT2D eigenvalue weighted by atomic mass is 10.2. The maximum absolute atomic E-state index is 11.4. The van der Waals surface area contributed by atoms with E-state index in [0.717, 1.165) is 6.42 Å². The van der Waals surface area contributed by atoms with Crippen LogP contribution in [0.5, 0.6) is 0 Å². The van der Waals surface area contributed by atoms with Crippen LogP contribution in [0.4, 0.5) is 4.79 Å². The molecule has 0 radical (unpaired) electrons. The van der Waals surface area contributed by atoms with Crippen molar-refractivity contribution in [3.63, 3.8) is 0 Å². The predicted molar refractivity (Wildman–Crippen MR) is 53.2 cm³/mol. The highest BCUT2D eigenvalue weighted by Crippen LogP contribution is 2.03. The summed E-state index contributed by atoms with van der Waals surface area (Å²) in [4.78, 5) is 23.3. The highest BCUT2D eigenvalue weighted by atomic mass is 16.4. The minimum Gasteiger partial charge on any atom is -0.480 e. The number of amides is 2. The number of carboxylic acids is 1. The Bertz CT molecular complexity index is 206.